The average Bonchev–Trinajstić information content (AvgIpc) is 3.02. The highest BCUT2D eigenvalue weighted by molar-refractivity contribution is 7.92. The topological polar surface area (TPSA) is 124 Å². The first-order valence-electron chi connectivity index (χ1n) is 14.1. The van der Waals surface area contributed by atoms with Crippen LogP contribution in [0.25, 0.3) is 0 Å². The van der Waals surface area contributed by atoms with E-state index < -0.39 is 28.5 Å². The lowest BCUT2D eigenvalue weighted by Gasteiger charge is -2.32. The Morgan fingerprint density at radius 2 is 1.43 bits per heavy atom. The Kier molecular flexibility index (Phi) is 11.9. The molecule has 0 fully saturated rings. The molecule has 0 aliphatic rings. The van der Waals surface area contributed by atoms with Crippen LogP contribution in [0.1, 0.15) is 26.3 Å². The van der Waals surface area contributed by atoms with Gasteiger partial charge in [-0.2, -0.15) is 0 Å². The molecule has 0 heterocycles. The molecule has 1 atom stereocenters. The Labute approximate surface area is 259 Å². The van der Waals surface area contributed by atoms with Crippen molar-refractivity contribution in [3.05, 3.63) is 72.3 Å². The number of hydrogen-bond acceptors (Lipinski definition) is 8. The van der Waals surface area contributed by atoms with Crippen LogP contribution < -0.4 is 28.6 Å². The summed E-state index contributed by atoms with van der Waals surface area (Å²) in [5.41, 5.74) is 1.04. The molecule has 2 amide bonds. The number of anilines is 1. The second kappa shape index (κ2) is 15.3. The number of amides is 2. The maximum atomic E-state index is 14.3. The van der Waals surface area contributed by atoms with Crippen LogP contribution in [0.15, 0.2) is 71.6 Å². The van der Waals surface area contributed by atoms with Crippen molar-refractivity contribution in [3.63, 3.8) is 0 Å². The quantitative estimate of drug-likeness (QED) is 0.269. The number of nitrogens with zero attached hydrogens (tertiary/aromatic N) is 2. The molecule has 1 N–H and O–H groups in total. The molecular formula is C32H41N3O8S. The van der Waals surface area contributed by atoms with Gasteiger partial charge in [0.05, 0.1) is 39.0 Å². The minimum atomic E-state index is -4.42. The largest absolute Gasteiger partial charge is 0.497 e. The van der Waals surface area contributed by atoms with Crippen LogP contribution >= 0.6 is 0 Å². The van der Waals surface area contributed by atoms with Gasteiger partial charge in [-0.3, -0.25) is 13.9 Å². The summed E-state index contributed by atoms with van der Waals surface area (Å²) in [6, 6.07) is 17.3. The summed E-state index contributed by atoms with van der Waals surface area (Å²) in [6.07, 6.45) is 0.455. The highest BCUT2D eigenvalue weighted by Gasteiger charge is 2.34. The van der Waals surface area contributed by atoms with Gasteiger partial charge in [-0.1, -0.05) is 30.3 Å². The van der Waals surface area contributed by atoms with E-state index in [0.717, 1.165) is 9.87 Å². The second-order valence-electron chi connectivity index (χ2n) is 10.2. The summed E-state index contributed by atoms with van der Waals surface area (Å²) in [7, 11) is 1.28. The lowest BCUT2D eigenvalue weighted by atomic mass is 10.1. The van der Waals surface area contributed by atoms with Crippen molar-refractivity contribution in [2.75, 3.05) is 45.8 Å². The average molecular weight is 628 g/mol. The van der Waals surface area contributed by atoms with Gasteiger partial charge in [0.25, 0.3) is 10.0 Å². The Balaban J connectivity index is 2.12. The third-order valence-corrected chi connectivity index (χ3v) is 8.71. The normalized spacial score (nSPS) is 11.8. The standard InChI is InChI=1S/C32H41N3O8S/c1-22(2)33-32(37)23(3)34(18-17-24-11-9-8-10-12-24)31(36)21-35(27-19-25(40-4)13-15-28(27)41-5)44(38,39)26-14-16-29(42-6)30(20-26)43-7/h8-16,19-20,22-23H,17-18,21H2,1-7H3,(H,33,37). The zero-order valence-corrected chi connectivity index (χ0v) is 27.0. The molecular weight excluding hydrogens is 586 g/mol. The van der Waals surface area contributed by atoms with Gasteiger partial charge in [-0.15, -0.1) is 0 Å². The van der Waals surface area contributed by atoms with E-state index in [1.54, 1.807) is 19.1 Å². The summed E-state index contributed by atoms with van der Waals surface area (Å²) in [4.78, 5) is 28.5. The van der Waals surface area contributed by atoms with Crippen LogP contribution in [0.3, 0.4) is 0 Å². The number of sulfonamides is 1. The van der Waals surface area contributed by atoms with Gasteiger partial charge in [-0.05, 0) is 57.0 Å². The van der Waals surface area contributed by atoms with Gasteiger partial charge in [0.1, 0.15) is 24.1 Å². The first kappa shape index (κ1) is 34.0. The Bertz CT molecular complexity index is 1530. The van der Waals surface area contributed by atoms with E-state index in [2.05, 4.69) is 5.32 Å². The van der Waals surface area contributed by atoms with Crippen LogP contribution in [-0.4, -0.2) is 78.7 Å². The van der Waals surface area contributed by atoms with Crippen LogP contribution in [0.5, 0.6) is 23.0 Å². The van der Waals surface area contributed by atoms with Gasteiger partial charge in [0.2, 0.25) is 11.8 Å². The van der Waals surface area contributed by atoms with Crippen molar-refractivity contribution in [2.45, 2.75) is 44.2 Å². The van der Waals surface area contributed by atoms with E-state index in [-0.39, 0.29) is 40.6 Å². The van der Waals surface area contributed by atoms with E-state index in [1.807, 2.05) is 44.2 Å². The monoisotopic (exact) mass is 627 g/mol. The summed E-state index contributed by atoms with van der Waals surface area (Å²) in [6.45, 7) is 4.82. The molecule has 11 nitrogen and oxygen atoms in total. The summed E-state index contributed by atoms with van der Waals surface area (Å²) in [5.74, 6) is 0.150. The van der Waals surface area contributed by atoms with Gasteiger partial charge in [0.15, 0.2) is 11.5 Å². The zero-order chi connectivity index (χ0) is 32.4. The van der Waals surface area contributed by atoms with Crippen LogP contribution in [0.4, 0.5) is 5.69 Å². The molecule has 0 saturated heterocycles. The number of nitrogens with one attached hydrogen (secondary N) is 1. The smallest absolute Gasteiger partial charge is 0.265 e. The van der Waals surface area contributed by atoms with Crippen molar-refractivity contribution in [1.82, 2.24) is 10.2 Å². The molecule has 0 spiro atoms. The molecule has 1 unspecified atom stereocenters. The SMILES string of the molecule is COc1ccc(OC)c(N(CC(=O)N(CCc2ccccc2)C(C)C(=O)NC(C)C)S(=O)(=O)c2ccc(OC)c(OC)c2)c1. The van der Waals surface area contributed by atoms with Gasteiger partial charge >= 0.3 is 0 Å². The maximum absolute atomic E-state index is 14.3. The zero-order valence-electron chi connectivity index (χ0n) is 26.2. The van der Waals surface area contributed by atoms with E-state index in [1.165, 1.54) is 57.6 Å². The van der Waals surface area contributed by atoms with E-state index in [0.29, 0.717) is 17.9 Å². The summed E-state index contributed by atoms with van der Waals surface area (Å²) in [5, 5.41) is 2.85. The van der Waals surface area contributed by atoms with E-state index in [9.17, 15) is 18.0 Å². The molecule has 0 aliphatic carbocycles. The first-order valence-corrected chi connectivity index (χ1v) is 15.5. The Morgan fingerprint density at radius 3 is 2.02 bits per heavy atom. The third-order valence-electron chi connectivity index (χ3n) is 6.96. The number of ether oxygens (including phenoxy) is 4. The highest BCUT2D eigenvalue weighted by Crippen LogP contribution is 2.37. The molecule has 0 aliphatic heterocycles. The minimum absolute atomic E-state index is 0.0808. The van der Waals surface area contributed by atoms with Crippen LogP contribution in [-0.2, 0) is 26.0 Å². The predicted molar refractivity (Wildman–Crippen MR) is 168 cm³/mol. The fourth-order valence-corrected chi connectivity index (χ4v) is 6.02. The molecule has 0 saturated carbocycles. The maximum Gasteiger partial charge on any atom is 0.265 e. The first-order chi connectivity index (χ1) is 21.0. The molecule has 3 rings (SSSR count). The van der Waals surface area contributed by atoms with Crippen LogP contribution in [0, 0.1) is 0 Å². The lowest BCUT2D eigenvalue weighted by Crippen LogP contribution is -2.53. The van der Waals surface area contributed by atoms with E-state index >= 15 is 0 Å². The summed E-state index contributed by atoms with van der Waals surface area (Å²) >= 11 is 0. The molecule has 0 radical (unpaired) electrons. The Hall–Kier alpha value is -4.45. The Morgan fingerprint density at radius 1 is 0.795 bits per heavy atom. The van der Waals surface area contributed by atoms with Crippen molar-refractivity contribution in [3.8, 4) is 23.0 Å². The number of hydrogen-bond donors (Lipinski definition) is 1. The molecule has 3 aromatic carbocycles. The van der Waals surface area contributed by atoms with Crippen molar-refractivity contribution < 1.29 is 37.0 Å². The molecule has 44 heavy (non-hydrogen) atoms. The van der Waals surface area contributed by atoms with Gasteiger partial charge in [0, 0.05) is 24.7 Å². The molecule has 3 aromatic rings. The molecule has 0 bridgehead atoms. The lowest BCUT2D eigenvalue weighted by molar-refractivity contribution is -0.139. The van der Waals surface area contributed by atoms with Crippen LogP contribution in [0.2, 0.25) is 0 Å². The fraction of sp³-hybridized carbons (Fsp3) is 0.375. The highest BCUT2D eigenvalue weighted by atomic mass is 32.2. The van der Waals surface area contributed by atoms with Gasteiger partial charge < -0.3 is 29.2 Å². The third kappa shape index (κ3) is 8.13. The number of carbonyl (C=O) groups is 2. The fourth-order valence-electron chi connectivity index (χ4n) is 4.58. The molecule has 0 aromatic heterocycles. The summed E-state index contributed by atoms with van der Waals surface area (Å²) < 4.78 is 51.2. The molecule has 12 heteroatoms. The number of rotatable bonds is 15. The predicted octanol–water partition coefficient (Wildman–Crippen LogP) is 3.90. The number of benzene rings is 3. The minimum Gasteiger partial charge on any atom is -0.497 e. The second-order valence-corrected chi connectivity index (χ2v) is 12.1. The van der Waals surface area contributed by atoms with Crippen molar-refractivity contribution in [2.24, 2.45) is 0 Å². The van der Waals surface area contributed by atoms with Crippen molar-refractivity contribution >= 4 is 27.5 Å². The molecule has 238 valence electrons. The van der Waals surface area contributed by atoms with Crippen molar-refractivity contribution in [1.29, 1.82) is 0 Å². The van der Waals surface area contributed by atoms with Gasteiger partial charge in [-0.25, -0.2) is 8.42 Å². The van der Waals surface area contributed by atoms with E-state index in [4.69, 9.17) is 18.9 Å². The number of methoxy groups -OCH3 is 4. The number of carbonyl (C=O) groups excluding carboxylic acids is 2.